The average molecular weight is 275 g/mol. The van der Waals surface area contributed by atoms with Crippen molar-refractivity contribution in [3.8, 4) is 0 Å². The Kier molecular flexibility index (Phi) is 2.80. The Balaban J connectivity index is 2.17. The zero-order valence-electron chi connectivity index (χ0n) is 9.65. The molecule has 2 heterocycles. The van der Waals surface area contributed by atoms with Gasteiger partial charge in [-0.15, -0.1) is 0 Å². The van der Waals surface area contributed by atoms with E-state index in [0.717, 1.165) is 0 Å². The Labute approximate surface area is 113 Å². The number of benzene rings is 1. The molecular weight excluding hydrogens is 267 g/mol. The smallest absolute Gasteiger partial charge is 0.198 e. The molecular formula is C14H8ClFN2O. The van der Waals surface area contributed by atoms with Gasteiger partial charge in [-0.2, -0.15) is 0 Å². The van der Waals surface area contributed by atoms with Crippen LogP contribution in [0.25, 0.3) is 11.0 Å². The van der Waals surface area contributed by atoms with E-state index in [2.05, 4.69) is 9.97 Å². The molecule has 0 atom stereocenters. The summed E-state index contributed by atoms with van der Waals surface area (Å²) in [6, 6.07) is 7.85. The van der Waals surface area contributed by atoms with E-state index in [1.807, 2.05) is 0 Å². The standard InChI is InChI=1S/C14H8ClFN2O/c15-11-5-1-3-9(12(11)16)13(19)10-7-18-14-8(10)4-2-6-17-14/h1-7H,(H,17,18). The second kappa shape index (κ2) is 4.48. The monoisotopic (exact) mass is 274 g/mol. The second-order valence-electron chi connectivity index (χ2n) is 4.03. The summed E-state index contributed by atoms with van der Waals surface area (Å²) in [6.45, 7) is 0. The van der Waals surface area contributed by atoms with E-state index in [-0.39, 0.29) is 10.6 Å². The van der Waals surface area contributed by atoms with Crippen molar-refractivity contribution in [3.05, 3.63) is 64.7 Å². The maximum Gasteiger partial charge on any atom is 0.198 e. The zero-order valence-corrected chi connectivity index (χ0v) is 10.4. The topological polar surface area (TPSA) is 45.8 Å². The molecule has 1 aromatic carbocycles. The number of halogens is 2. The molecule has 0 aliphatic carbocycles. The Morgan fingerprint density at radius 2 is 2.05 bits per heavy atom. The summed E-state index contributed by atoms with van der Waals surface area (Å²) >= 11 is 5.69. The number of nitrogens with one attached hydrogen (secondary N) is 1. The molecule has 0 saturated heterocycles. The Morgan fingerprint density at radius 3 is 2.89 bits per heavy atom. The molecule has 94 valence electrons. The van der Waals surface area contributed by atoms with Gasteiger partial charge in [0.2, 0.25) is 0 Å². The maximum absolute atomic E-state index is 13.9. The lowest BCUT2D eigenvalue weighted by molar-refractivity contribution is 0.103. The number of aromatic nitrogens is 2. The first-order valence-corrected chi connectivity index (χ1v) is 5.97. The van der Waals surface area contributed by atoms with Crippen LogP contribution in [0.3, 0.4) is 0 Å². The third-order valence-electron chi connectivity index (χ3n) is 2.89. The van der Waals surface area contributed by atoms with Gasteiger partial charge in [0.05, 0.1) is 10.6 Å². The van der Waals surface area contributed by atoms with Crippen LogP contribution in [0.2, 0.25) is 5.02 Å². The molecule has 3 nitrogen and oxygen atoms in total. The first kappa shape index (κ1) is 11.9. The molecule has 2 aromatic heterocycles. The minimum absolute atomic E-state index is 0.0442. The average Bonchev–Trinajstić information content (AvgIpc) is 2.85. The summed E-state index contributed by atoms with van der Waals surface area (Å²) in [5.41, 5.74) is 0.926. The van der Waals surface area contributed by atoms with Crippen LogP contribution in [0, 0.1) is 5.82 Å². The van der Waals surface area contributed by atoms with E-state index in [9.17, 15) is 9.18 Å². The number of fused-ring (bicyclic) bond motifs is 1. The number of carbonyl (C=O) groups excluding carboxylic acids is 1. The normalized spacial score (nSPS) is 10.8. The van der Waals surface area contributed by atoms with E-state index >= 15 is 0 Å². The molecule has 0 aliphatic heterocycles. The number of ketones is 1. The van der Waals surface area contributed by atoms with Gasteiger partial charge in [-0.25, -0.2) is 9.37 Å². The fourth-order valence-corrected chi connectivity index (χ4v) is 2.14. The number of carbonyl (C=O) groups is 1. The lowest BCUT2D eigenvalue weighted by atomic mass is 10.0. The first-order valence-electron chi connectivity index (χ1n) is 5.59. The number of rotatable bonds is 2. The molecule has 5 heteroatoms. The molecule has 3 aromatic rings. The van der Waals surface area contributed by atoms with Crippen LogP contribution in [-0.2, 0) is 0 Å². The van der Waals surface area contributed by atoms with Crippen molar-refractivity contribution in [2.45, 2.75) is 0 Å². The number of hydrogen-bond donors (Lipinski definition) is 1. The molecule has 0 aliphatic rings. The quantitative estimate of drug-likeness (QED) is 0.726. The van der Waals surface area contributed by atoms with Gasteiger partial charge in [0.25, 0.3) is 0 Å². The zero-order chi connectivity index (χ0) is 13.4. The lowest BCUT2D eigenvalue weighted by Gasteiger charge is -2.02. The van der Waals surface area contributed by atoms with Crippen LogP contribution < -0.4 is 0 Å². The highest BCUT2D eigenvalue weighted by molar-refractivity contribution is 6.31. The number of aromatic amines is 1. The van der Waals surface area contributed by atoms with Crippen LogP contribution in [0.15, 0.2) is 42.7 Å². The number of pyridine rings is 1. The summed E-state index contributed by atoms with van der Waals surface area (Å²) in [6.07, 6.45) is 3.15. The Hall–Kier alpha value is -2.20. The molecule has 0 spiro atoms. The van der Waals surface area contributed by atoms with Gasteiger partial charge in [-0.3, -0.25) is 4.79 Å². The van der Waals surface area contributed by atoms with Crippen molar-refractivity contribution in [1.82, 2.24) is 9.97 Å². The highest BCUT2D eigenvalue weighted by atomic mass is 35.5. The second-order valence-corrected chi connectivity index (χ2v) is 4.44. The SMILES string of the molecule is O=C(c1cccc(Cl)c1F)c1c[nH]c2ncccc12. The molecule has 0 radical (unpaired) electrons. The lowest BCUT2D eigenvalue weighted by Crippen LogP contribution is -2.03. The maximum atomic E-state index is 13.9. The highest BCUT2D eigenvalue weighted by Gasteiger charge is 2.19. The summed E-state index contributed by atoms with van der Waals surface area (Å²) in [4.78, 5) is 19.3. The van der Waals surface area contributed by atoms with Crippen LogP contribution in [0.5, 0.6) is 0 Å². The van der Waals surface area contributed by atoms with Crippen molar-refractivity contribution in [3.63, 3.8) is 0 Å². The van der Waals surface area contributed by atoms with Gasteiger partial charge >= 0.3 is 0 Å². The van der Waals surface area contributed by atoms with Gasteiger partial charge in [-0.1, -0.05) is 17.7 Å². The van der Waals surface area contributed by atoms with Crippen molar-refractivity contribution in [2.24, 2.45) is 0 Å². The van der Waals surface area contributed by atoms with Crippen LogP contribution >= 0.6 is 11.6 Å². The predicted octanol–water partition coefficient (Wildman–Crippen LogP) is 3.59. The van der Waals surface area contributed by atoms with E-state index in [0.29, 0.717) is 16.6 Å². The van der Waals surface area contributed by atoms with E-state index < -0.39 is 11.6 Å². The fraction of sp³-hybridized carbons (Fsp3) is 0. The first-order chi connectivity index (χ1) is 9.18. The summed E-state index contributed by atoms with van der Waals surface area (Å²) in [5.74, 6) is -1.12. The molecule has 1 N–H and O–H groups in total. The molecule has 0 amide bonds. The highest BCUT2D eigenvalue weighted by Crippen LogP contribution is 2.24. The minimum Gasteiger partial charge on any atom is -0.345 e. The number of nitrogens with zero attached hydrogens (tertiary/aromatic N) is 1. The summed E-state index contributed by atoms with van der Waals surface area (Å²) in [5, 5.41) is 0.593. The van der Waals surface area contributed by atoms with E-state index in [1.54, 1.807) is 24.4 Å². The fourth-order valence-electron chi connectivity index (χ4n) is 1.97. The molecule has 0 saturated carbocycles. The van der Waals surface area contributed by atoms with Crippen molar-refractivity contribution in [1.29, 1.82) is 0 Å². The third kappa shape index (κ3) is 1.90. The minimum atomic E-state index is -0.701. The Morgan fingerprint density at radius 1 is 1.21 bits per heavy atom. The number of H-pyrrole nitrogens is 1. The van der Waals surface area contributed by atoms with Crippen molar-refractivity contribution < 1.29 is 9.18 Å². The van der Waals surface area contributed by atoms with Gasteiger partial charge in [0, 0.05) is 23.3 Å². The summed E-state index contributed by atoms with van der Waals surface area (Å²) in [7, 11) is 0. The molecule has 0 unspecified atom stereocenters. The summed E-state index contributed by atoms with van der Waals surface area (Å²) < 4.78 is 13.9. The van der Waals surface area contributed by atoms with E-state index in [1.165, 1.54) is 18.3 Å². The number of hydrogen-bond acceptors (Lipinski definition) is 2. The Bertz CT molecular complexity index is 782. The molecule has 0 bridgehead atoms. The molecule has 0 fully saturated rings. The van der Waals surface area contributed by atoms with E-state index in [4.69, 9.17) is 11.6 Å². The van der Waals surface area contributed by atoms with Gasteiger partial charge in [0.15, 0.2) is 11.6 Å². The van der Waals surface area contributed by atoms with Crippen LogP contribution in [0.1, 0.15) is 15.9 Å². The van der Waals surface area contributed by atoms with Gasteiger partial charge in [-0.05, 0) is 24.3 Å². The molecule has 19 heavy (non-hydrogen) atoms. The largest absolute Gasteiger partial charge is 0.345 e. The van der Waals surface area contributed by atoms with Crippen LogP contribution in [0.4, 0.5) is 4.39 Å². The molecule has 3 rings (SSSR count). The van der Waals surface area contributed by atoms with Crippen molar-refractivity contribution in [2.75, 3.05) is 0 Å². The van der Waals surface area contributed by atoms with Crippen molar-refractivity contribution >= 4 is 28.4 Å². The van der Waals surface area contributed by atoms with Gasteiger partial charge in [0.1, 0.15) is 5.65 Å². The predicted molar refractivity (Wildman–Crippen MR) is 70.9 cm³/mol. The van der Waals surface area contributed by atoms with Crippen LogP contribution in [-0.4, -0.2) is 15.8 Å². The third-order valence-corrected chi connectivity index (χ3v) is 3.18. The van der Waals surface area contributed by atoms with Gasteiger partial charge < -0.3 is 4.98 Å².